The van der Waals surface area contributed by atoms with E-state index in [4.69, 9.17) is 4.74 Å². The van der Waals surface area contributed by atoms with Crippen LogP contribution in [0, 0.1) is 0 Å². The Morgan fingerprint density at radius 1 is 0.769 bits per heavy atom. The van der Waals surface area contributed by atoms with Gasteiger partial charge in [0.2, 0.25) is 0 Å². The van der Waals surface area contributed by atoms with Gasteiger partial charge in [-0.2, -0.15) is 0 Å². The van der Waals surface area contributed by atoms with E-state index in [-0.39, 0.29) is 23.0 Å². The van der Waals surface area contributed by atoms with Crippen molar-refractivity contribution in [1.29, 1.82) is 0 Å². The molecule has 1 aliphatic rings. The van der Waals surface area contributed by atoms with Crippen molar-refractivity contribution in [2.24, 2.45) is 0 Å². The second kappa shape index (κ2) is 6.11. The molecule has 2 atom stereocenters. The van der Waals surface area contributed by atoms with Crippen LogP contribution >= 0.6 is 0 Å². The van der Waals surface area contributed by atoms with Gasteiger partial charge in [0, 0.05) is 6.07 Å². The quantitative estimate of drug-likeness (QED) is 0.611. The molecule has 0 spiro atoms. The summed E-state index contributed by atoms with van der Waals surface area (Å²) >= 11 is 0. The third-order valence-electron chi connectivity index (χ3n) is 4.56. The molecule has 0 amide bonds. The molecule has 26 heavy (non-hydrogen) atoms. The number of rotatable bonds is 2. The number of benzene rings is 3. The Hall–Kier alpha value is -3.47. The maximum atomic E-state index is 13.2. The number of ether oxygens (including phenoxy) is 1. The minimum absolute atomic E-state index is 0.00187. The van der Waals surface area contributed by atoms with E-state index in [2.05, 4.69) is 0 Å². The Labute approximate surface area is 149 Å². The van der Waals surface area contributed by atoms with Crippen LogP contribution in [0.25, 0.3) is 0 Å². The molecular formula is C21H16O5. The average molecular weight is 348 g/mol. The van der Waals surface area contributed by atoms with Crippen LogP contribution in [0.15, 0.2) is 66.7 Å². The summed E-state index contributed by atoms with van der Waals surface area (Å²) in [6.45, 7) is 0. The molecule has 0 aromatic heterocycles. The van der Waals surface area contributed by atoms with Crippen LogP contribution < -0.4 is 4.74 Å². The molecule has 3 aromatic carbocycles. The first-order valence-electron chi connectivity index (χ1n) is 8.15. The summed E-state index contributed by atoms with van der Waals surface area (Å²) in [5.74, 6) is -0.980. The highest BCUT2D eigenvalue weighted by Crippen LogP contribution is 2.45. The second-order valence-electron chi connectivity index (χ2n) is 6.22. The molecule has 4 rings (SSSR count). The molecule has 1 aliphatic heterocycles. The van der Waals surface area contributed by atoms with E-state index < -0.39 is 12.0 Å². The van der Waals surface area contributed by atoms with Crippen LogP contribution in [-0.2, 0) is 0 Å². The number of carbonyl (C=O) groups is 1. The molecule has 0 saturated carbocycles. The molecule has 3 N–H and O–H groups in total. The Morgan fingerprint density at radius 2 is 1.54 bits per heavy atom. The zero-order valence-electron chi connectivity index (χ0n) is 13.7. The van der Waals surface area contributed by atoms with Crippen LogP contribution in [0.2, 0.25) is 0 Å². The molecule has 0 aliphatic carbocycles. The van der Waals surface area contributed by atoms with Crippen LogP contribution in [-0.4, -0.2) is 21.1 Å². The average Bonchev–Trinajstić information content (AvgIpc) is 2.64. The number of phenols is 3. The van der Waals surface area contributed by atoms with E-state index in [9.17, 15) is 20.1 Å². The summed E-state index contributed by atoms with van der Waals surface area (Å²) in [5.41, 5.74) is 1.74. The molecule has 2 unspecified atom stereocenters. The topological polar surface area (TPSA) is 87.0 Å². The third kappa shape index (κ3) is 2.63. The van der Waals surface area contributed by atoms with E-state index in [0.717, 1.165) is 5.56 Å². The van der Waals surface area contributed by atoms with Gasteiger partial charge < -0.3 is 20.1 Å². The lowest BCUT2D eigenvalue weighted by atomic mass is 9.81. The lowest BCUT2D eigenvalue weighted by Gasteiger charge is -2.33. The van der Waals surface area contributed by atoms with E-state index in [1.807, 2.05) is 30.3 Å². The first kappa shape index (κ1) is 16.0. The first-order valence-corrected chi connectivity index (χ1v) is 8.15. The molecule has 130 valence electrons. The van der Waals surface area contributed by atoms with Gasteiger partial charge in [0.25, 0.3) is 0 Å². The molecule has 0 fully saturated rings. The fourth-order valence-electron chi connectivity index (χ4n) is 3.29. The summed E-state index contributed by atoms with van der Waals surface area (Å²) < 4.78 is 6.06. The molecule has 3 aromatic rings. The standard InChI is InChI=1S/C21H16O5/c22-14-7-8-15-18(11-14)26-21(13-6-9-16(23)17(24)10-13)19(20(15)25)12-4-2-1-3-5-12/h1-11,19,21-24H. The zero-order valence-corrected chi connectivity index (χ0v) is 13.7. The highest BCUT2D eigenvalue weighted by atomic mass is 16.5. The molecule has 0 saturated heterocycles. The predicted octanol–water partition coefficient (Wildman–Crippen LogP) is 3.90. The highest BCUT2D eigenvalue weighted by Gasteiger charge is 2.39. The third-order valence-corrected chi connectivity index (χ3v) is 4.56. The molecule has 5 heteroatoms. The van der Waals surface area contributed by atoms with Crippen molar-refractivity contribution in [1.82, 2.24) is 0 Å². The van der Waals surface area contributed by atoms with Gasteiger partial charge in [-0.25, -0.2) is 0 Å². The number of phenolic OH excluding ortho intramolecular Hbond substituents is 3. The van der Waals surface area contributed by atoms with Crippen molar-refractivity contribution in [3.63, 3.8) is 0 Å². The molecule has 1 heterocycles. The van der Waals surface area contributed by atoms with Gasteiger partial charge in [-0.3, -0.25) is 4.79 Å². The summed E-state index contributed by atoms with van der Waals surface area (Å²) in [4.78, 5) is 13.2. The molecule has 5 nitrogen and oxygen atoms in total. The summed E-state index contributed by atoms with van der Waals surface area (Å²) in [5, 5.41) is 29.2. The fourth-order valence-corrected chi connectivity index (χ4v) is 3.29. The SMILES string of the molecule is O=C1c2ccc(O)cc2OC(c2ccc(O)c(O)c2)C1c1ccccc1. The molecular weight excluding hydrogens is 332 g/mol. The van der Waals surface area contributed by atoms with Crippen LogP contribution in [0.4, 0.5) is 0 Å². The normalized spacial score (nSPS) is 18.8. The van der Waals surface area contributed by atoms with E-state index in [0.29, 0.717) is 16.9 Å². The van der Waals surface area contributed by atoms with E-state index in [1.54, 1.807) is 12.1 Å². The van der Waals surface area contributed by atoms with Crippen molar-refractivity contribution in [2.45, 2.75) is 12.0 Å². The molecule has 0 bridgehead atoms. The number of hydrogen-bond acceptors (Lipinski definition) is 5. The number of aromatic hydroxyl groups is 3. The van der Waals surface area contributed by atoms with Crippen LogP contribution in [0.5, 0.6) is 23.0 Å². The van der Waals surface area contributed by atoms with Crippen molar-refractivity contribution in [3.05, 3.63) is 83.4 Å². The van der Waals surface area contributed by atoms with Gasteiger partial charge in [-0.1, -0.05) is 36.4 Å². The number of fused-ring (bicyclic) bond motifs is 1. The van der Waals surface area contributed by atoms with Crippen molar-refractivity contribution < 1.29 is 24.9 Å². The number of hydrogen-bond donors (Lipinski definition) is 3. The van der Waals surface area contributed by atoms with Gasteiger partial charge in [-0.15, -0.1) is 0 Å². The smallest absolute Gasteiger partial charge is 0.178 e. The Morgan fingerprint density at radius 3 is 2.27 bits per heavy atom. The number of ketones is 1. The zero-order chi connectivity index (χ0) is 18.3. The monoisotopic (exact) mass is 348 g/mol. The predicted molar refractivity (Wildman–Crippen MR) is 94.8 cm³/mol. The minimum atomic E-state index is -0.703. The Balaban J connectivity index is 1.88. The van der Waals surface area contributed by atoms with E-state index >= 15 is 0 Å². The molecule has 0 radical (unpaired) electrons. The van der Waals surface area contributed by atoms with Gasteiger partial charge in [0.05, 0.1) is 11.5 Å². The second-order valence-corrected chi connectivity index (χ2v) is 6.22. The van der Waals surface area contributed by atoms with Gasteiger partial charge in [-0.05, 0) is 35.4 Å². The fraction of sp³-hybridized carbons (Fsp3) is 0.0952. The largest absolute Gasteiger partial charge is 0.508 e. The summed E-state index contributed by atoms with van der Waals surface area (Å²) in [7, 11) is 0. The van der Waals surface area contributed by atoms with Crippen molar-refractivity contribution in [2.75, 3.05) is 0 Å². The van der Waals surface area contributed by atoms with Crippen LogP contribution in [0.3, 0.4) is 0 Å². The maximum Gasteiger partial charge on any atom is 0.178 e. The van der Waals surface area contributed by atoms with Gasteiger partial charge in [0.15, 0.2) is 17.3 Å². The Kier molecular flexibility index (Phi) is 3.77. The summed E-state index contributed by atoms with van der Waals surface area (Å²) in [6.07, 6.45) is -0.703. The lowest BCUT2D eigenvalue weighted by molar-refractivity contribution is 0.0780. The summed E-state index contributed by atoms with van der Waals surface area (Å²) in [6, 6.07) is 18.0. The Bertz CT molecular complexity index is 981. The van der Waals surface area contributed by atoms with E-state index in [1.165, 1.54) is 24.3 Å². The first-order chi connectivity index (χ1) is 12.5. The number of Topliss-reactive ketones (excluding diaryl/α,β-unsaturated/α-hetero) is 1. The maximum absolute atomic E-state index is 13.2. The van der Waals surface area contributed by atoms with Gasteiger partial charge >= 0.3 is 0 Å². The van der Waals surface area contributed by atoms with Crippen molar-refractivity contribution in [3.8, 4) is 23.0 Å². The lowest BCUT2D eigenvalue weighted by Crippen LogP contribution is -2.30. The minimum Gasteiger partial charge on any atom is -0.508 e. The van der Waals surface area contributed by atoms with Gasteiger partial charge in [0.1, 0.15) is 17.6 Å². The highest BCUT2D eigenvalue weighted by molar-refractivity contribution is 6.04. The van der Waals surface area contributed by atoms with Crippen molar-refractivity contribution >= 4 is 5.78 Å². The van der Waals surface area contributed by atoms with Crippen LogP contribution in [0.1, 0.15) is 33.5 Å². The number of carbonyl (C=O) groups excluding carboxylic acids is 1.